The van der Waals surface area contributed by atoms with Crippen LogP contribution in [0.25, 0.3) is 0 Å². The van der Waals surface area contributed by atoms with Gasteiger partial charge in [0.25, 0.3) is 0 Å². The summed E-state index contributed by atoms with van der Waals surface area (Å²) in [5.41, 5.74) is 12.7. The van der Waals surface area contributed by atoms with Crippen molar-refractivity contribution in [2.24, 2.45) is 42.3 Å². The summed E-state index contributed by atoms with van der Waals surface area (Å²) in [4.78, 5) is 55.5. The summed E-state index contributed by atoms with van der Waals surface area (Å²) in [7, 11) is 11.3. The lowest BCUT2D eigenvalue weighted by molar-refractivity contribution is 0.389. The highest BCUT2D eigenvalue weighted by Gasteiger charge is 1.94. The van der Waals surface area contributed by atoms with Crippen LogP contribution in [0.15, 0.2) is 149 Å². The number of aryl methyl sites for hydroxylation is 28. The molecule has 14 rings (SSSR count). The fourth-order valence-electron chi connectivity index (χ4n) is 7.31. The SMILES string of the molecule is Cc1cccc(C)n1.Cc1ccn(C)n1.Cc1ccn(C)n1.Cc1ccnc(C)n1.Cc1ccnc(C)n1.Cc1ccnc(C)n1.Cc1cncc(C)n1.Cc1cnn(C)c1.Cc1cnn(C)c1.Cc1coc(C)n1.Cc1ncn(C)n1.Cc1ncn(C)n1.Cc1noc(C)n1.Cc1noc(C)n1. The minimum atomic E-state index is 0.623. The maximum absolute atomic E-state index is 4.85. The monoisotopic (exact) mass is 1410 g/mol. The third kappa shape index (κ3) is 49.3. The molecule has 31 heteroatoms. The molecular formula is C72H106N28O3. The van der Waals surface area contributed by atoms with Crippen LogP contribution in [0.1, 0.15) is 127 Å². The smallest absolute Gasteiger partial charge is 0.223 e. The number of hydrogen-bond donors (Lipinski definition) is 0. The highest BCUT2D eigenvalue weighted by atomic mass is 16.5. The summed E-state index contributed by atoms with van der Waals surface area (Å²) in [6.45, 7) is 41.9. The van der Waals surface area contributed by atoms with E-state index in [2.05, 4.69) is 120 Å². The molecule has 14 aromatic heterocycles. The Kier molecular flexibility index (Phi) is 43.6. The normalized spacial score (nSPS) is 9.36. The van der Waals surface area contributed by atoms with Gasteiger partial charge < -0.3 is 13.5 Å². The summed E-state index contributed by atoms with van der Waals surface area (Å²) in [5, 5.41) is 30.8. The maximum Gasteiger partial charge on any atom is 0.223 e. The van der Waals surface area contributed by atoms with Crippen LogP contribution in [0.2, 0.25) is 0 Å². The van der Waals surface area contributed by atoms with E-state index in [-0.39, 0.29) is 0 Å². The maximum atomic E-state index is 4.85. The zero-order valence-corrected chi connectivity index (χ0v) is 65.4. The first-order valence-electron chi connectivity index (χ1n) is 32.4. The molecule has 0 atom stereocenters. The van der Waals surface area contributed by atoms with Gasteiger partial charge in [0.05, 0.1) is 40.9 Å². The van der Waals surface area contributed by atoms with E-state index >= 15 is 0 Å². The molecule has 14 heterocycles. The third-order valence-electron chi connectivity index (χ3n) is 11.4. The predicted molar refractivity (Wildman–Crippen MR) is 397 cm³/mol. The molecule has 0 bridgehead atoms. The van der Waals surface area contributed by atoms with Crippen LogP contribution in [-0.2, 0) is 42.3 Å². The quantitative estimate of drug-likeness (QED) is 0.136. The van der Waals surface area contributed by atoms with Gasteiger partial charge in [-0.15, -0.1) is 0 Å². The predicted octanol–water partition coefficient (Wildman–Crippen LogP) is 11.9. The van der Waals surface area contributed by atoms with Gasteiger partial charge in [-0.25, -0.2) is 44.9 Å². The van der Waals surface area contributed by atoms with Gasteiger partial charge in [-0.1, -0.05) is 16.4 Å². The highest BCUT2D eigenvalue weighted by molar-refractivity contribution is 5.08. The van der Waals surface area contributed by atoms with Crippen LogP contribution in [-0.4, -0.2) is 139 Å². The summed E-state index contributed by atoms with van der Waals surface area (Å²) in [6.07, 6.45) is 25.2. The molecule has 0 spiro atoms. The number of nitrogens with zero attached hydrogens (tertiary/aromatic N) is 28. The van der Waals surface area contributed by atoms with E-state index in [4.69, 9.17) is 4.42 Å². The van der Waals surface area contributed by atoms with Gasteiger partial charge in [0.1, 0.15) is 48.0 Å². The molecule has 0 amide bonds. The Hall–Kier alpha value is -11.9. The van der Waals surface area contributed by atoms with E-state index < -0.39 is 0 Å². The standard InChI is InChI=1S/C7H9N.4C6H8N2.4C5H8N2.C5H7NO.2C4H7N3.2C4H6N2O/c1-6-4-3-5-7(2)8-6;1-5-3-7-4-6(2)8-5;3*1-5-3-4-7-6(2)8-5;2*1-5-3-6-7(2)4-5;2*1-5-3-4-7(2)6-5;1-4-3-7-5(2)6-4;2*1-4-5-3-7(2)6-4;2*1-3-5-4(2)7-6-3/h3-5H,1-2H3;4*3-4H,1-2H3;4*3-4H,1-2H3;3*3H,1-2H3;2*1-2H3. The van der Waals surface area contributed by atoms with E-state index in [1.54, 1.807) is 106 Å². The van der Waals surface area contributed by atoms with Crippen molar-refractivity contribution >= 4 is 0 Å². The van der Waals surface area contributed by atoms with Crippen molar-refractivity contribution in [3.8, 4) is 0 Å². The lowest BCUT2D eigenvalue weighted by Crippen LogP contribution is -1.86. The molecule has 14 aromatic rings. The molecule has 0 aliphatic heterocycles. The van der Waals surface area contributed by atoms with Crippen LogP contribution in [0.4, 0.5) is 0 Å². The molecule has 0 saturated heterocycles. The summed E-state index contributed by atoms with van der Waals surface area (Å²) < 4.78 is 24.6. The van der Waals surface area contributed by atoms with Crippen LogP contribution in [0.3, 0.4) is 0 Å². The molecule has 0 aliphatic rings. The second-order valence-corrected chi connectivity index (χ2v) is 22.8. The van der Waals surface area contributed by atoms with Crippen LogP contribution < -0.4 is 0 Å². The average molecular weight is 1410 g/mol. The number of rotatable bonds is 0. The zero-order chi connectivity index (χ0) is 77.4. The minimum absolute atomic E-state index is 0.623. The van der Waals surface area contributed by atoms with E-state index in [0.29, 0.717) is 23.4 Å². The number of pyridine rings is 1. The van der Waals surface area contributed by atoms with Gasteiger partial charge in [-0.3, -0.25) is 43.0 Å². The first-order valence-corrected chi connectivity index (χ1v) is 32.4. The second-order valence-electron chi connectivity index (χ2n) is 22.8. The Bertz CT molecular complexity index is 3430. The van der Waals surface area contributed by atoms with E-state index in [0.717, 1.165) is 92.0 Å². The molecular weight excluding hydrogens is 1300 g/mol. The summed E-state index contributed by atoms with van der Waals surface area (Å²) in [6, 6.07) is 15.6. The number of aromatic nitrogens is 28. The van der Waals surface area contributed by atoms with Gasteiger partial charge in [0, 0.05) is 147 Å². The fraction of sp³-hybridized carbons (Fsp3) is 0.389. The summed E-state index contributed by atoms with van der Waals surface area (Å²) in [5.74, 6) is 7.52. The second kappa shape index (κ2) is 50.4. The molecule has 31 nitrogen and oxygen atoms in total. The topological polar surface area (TPSA) is 353 Å². The molecule has 0 radical (unpaired) electrons. The first-order chi connectivity index (χ1) is 48.5. The molecule has 0 fully saturated rings. The first kappa shape index (κ1) is 89.1. The molecule has 0 aliphatic carbocycles. The largest absolute Gasteiger partial charge is 0.449 e. The van der Waals surface area contributed by atoms with Crippen LogP contribution in [0, 0.1) is 152 Å². The summed E-state index contributed by atoms with van der Waals surface area (Å²) >= 11 is 0. The van der Waals surface area contributed by atoms with Crippen molar-refractivity contribution in [3.63, 3.8) is 0 Å². The van der Waals surface area contributed by atoms with Crippen molar-refractivity contribution in [1.29, 1.82) is 0 Å². The highest BCUT2D eigenvalue weighted by Crippen LogP contribution is 1.98. The van der Waals surface area contributed by atoms with Gasteiger partial charge in [0.15, 0.2) is 17.5 Å². The van der Waals surface area contributed by atoms with Crippen molar-refractivity contribution < 1.29 is 13.5 Å². The van der Waals surface area contributed by atoms with Crippen molar-refractivity contribution in [1.82, 2.24) is 139 Å². The number of oxazole rings is 1. The van der Waals surface area contributed by atoms with E-state index in [1.807, 2.05) is 253 Å². The Labute approximate surface area is 606 Å². The van der Waals surface area contributed by atoms with Gasteiger partial charge >= 0.3 is 0 Å². The van der Waals surface area contributed by atoms with E-state index in [9.17, 15) is 0 Å². The Morgan fingerprint density at radius 2 is 0.641 bits per heavy atom. The van der Waals surface area contributed by atoms with Gasteiger partial charge in [-0.2, -0.15) is 40.6 Å². The Morgan fingerprint density at radius 1 is 0.282 bits per heavy atom. The fourth-order valence-corrected chi connectivity index (χ4v) is 7.31. The minimum Gasteiger partial charge on any atom is -0.449 e. The molecule has 552 valence electrons. The van der Waals surface area contributed by atoms with E-state index in [1.165, 1.54) is 11.1 Å². The molecule has 0 saturated carbocycles. The molecule has 0 aromatic carbocycles. The van der Waals surface area contributed by atoms with Crippen LogP contribution in [0.5, 0.6) is 0 Å². The van der Waals surface area contributed by atoms with Crippen molar-refractivity contribution in [2.45, 2.75) is 152 Å². The zero-order valence-electron chi connectivity index (χ0n) is 65.4. The molecule has 0 N–H and O–H groups in total. The van der Waals surface area contributed by atoms with Gasteiger partial charge in [0.2, 0.25) is 11.8 Å². The molecule has 103 heavy (non-hydrogen) atoms. The van der Waals surface area contributed by atoms with Gasteiger partial charge in [-0.05, 0) is 185 Å². The van der Waals surface area contributed by atoms with Crippen molar-refractivity contribution in [3.05, 3.63) is 262 Å². The Morgan fingerprint density at radius 3 is 0.757 bits per heavy atom. The number of hydrogen-bond acceptors (Lipinski definition) is 25. The lowest BCUT2D eigenvalue weighted by atomic mass is 10.3. The lowest BCUT2D eigenvalue weighted by Gasteiger charge is -1.90. The van der Waals surface area contributed by atoms with Crippen LogP contribution >= 0.6 is 0 Å². The third-order valence-corrected chi connectivity index (χ3v) is 11.4. The molecule has 0 unspecified atom stereocenters. The van der Waals surface area contributed by atoms with Crippen molar-refractivity contribution in [2.75, 3.05) is 0 Å². The Balaban J connectivity index is 0.000000555. The average Bonchev–Trinajstić information content (AvgIpc) is 1.72.